The molecule has 0 bridgehead atoms. The fourth-order valence-corrected chi connectivity index (χ4v) is 1.70. The van der Waals surface area contributed by atoms with Gasteiger partial charge in [0.05, 0.1) is 17.9 Å². The Labute approximate surface area is 111 Å². The smallest absolute Gasteiger partial charge is 0.335 e. The zero-order valence-corrected chi connectivity index (χ0v) is 10.7. The molecule has 1 N–H and O–H groups in total. The van der Waals surface area contributed by atoms with Crippen LogP contribution in [0.4, 0.5) is 0 Å². The lowest BCUT2D eigenvalue weighted by Gasteiger charge is -2.06. The van der Waals surface area contributed by atoms with Crippen molar-refractivity contribution in [2.24, 2.45) is 0 Å². The van der Waals surface area contributed by atoms with Crippen LogP contribution in [-0.2, 0) is 6.54 Å². The molecule has 5 nitrogen and oxygen atoms in total. The molecule has 0 unspecified atom stereocenters. The fourth-order valence-electron chi connectivity index (χ4n) is 1.70. The molecule has 0 spiro atoms. The van der Waals surface area contributed by atoms with Gasteiger partial charge in [-0.05, 0) is 37.3 Å². The number of nitrogens with zero attached hydrogens (tertiary/aromatic N) is 2. The fraction of sp³-hybridized carbons (Fsp3) is 0.286. The molecule has 0 saturated carbocycles. The van der Waals surface area contributed by atoms with Crippen molar-refractivity contribution in [1.29, 1.82) is 0 Å². The Kier molecular flexibility index (Phi) is 4.18. The van der Waals surface area contributed by atoms with Crippen molar-refractivity contribution in [2.75, 3.05) is 6.61 Å². The second-order valence-electron chi connectivity index (χ2n) is 4.25. The number of aromatic nitrogens is 2. The summed E-state index contributed by atoms with van der Waals surface area (Å²) >= 11 is 0. The second-order valence-corrected chi connectivity index (χ2v) is 4.25. The molecular formula is C14H16N2O3. The lowest BCUT2D eigenvalue weighted by molar-refractivity contribution is 0.0697. The molecule has 2 rings (SSSR count). The van der Waals surface area contributed by atoms with E-state index in [1.165, 1.54) is 12.1 Å². The molecule has 1 heterocycles. The van der Waals surface area contributed by atoms with E-state index in [2.05, 4.69) is 5.10 Å². The van der Waals surface area contributed by atoms with Crippen molar-refractivity contribution in [3.8, 4) is 5.75 Å². The molecule has 5 heteroatoms. The summed E-state index contributed by atoms with van der Waals surface area (Å²) in [5.74, 6) is -0.248. The third kappa shape index (κ3) is 3.84. The van der Waals surface area contributed by atoms with Crippen LogP contribution in [0.3, 0.4) is 0 Å². The first kappa shape index (κ1) is 13.1. The average molecular weight is 260 g/mol. The zero-order valence-electron chi connectivity index (χ0n) is 10.7. The van der Waals surface area contributed by atoms with Crippen LogP contribution in [0.2, 0.25) is 0 Å². The lowest BCUT2D eigenvalue weighted by Crippen LogP contribution is -2.05. The predicted octanol–water partition coefficient (Wildman–Crippen LogP) is 2.36. The van der Waals surface area contributed by atoms with Gasteiger partial charge in [-0.3, -0.25) is 4.68 Å². The summed E-state index contributed by atoms with van der Waals surface area (Å²) in [7, 11) is 0. The number of carbonyl (C=O) groups is 1. The first-order valence-corrected chi connectivity index (χ1v) is 6.11. The minimum absolute atomic E-state index is 0.263. The molecule has 1 aromatic heterocycles. The van der Waals surface area contributed by atoms with Crippen LogP contribution in [0.15, 0.2) is 36.5 Å². The van der Waals surface area contributed by atoms with E-state index in [0.717, 1.165) is 18.7 Å². The molecule has 19 heavy (non-hydrogen) atoms. The van der Waals surface area contributed by atoms with Crippen LogP contribution in [-0.4, -0.2) is 27.5 Å². The van der Waals surface area contributed by atoms with E-state index in [4.69, 9.17) is 9.84 Å². The quantitative estimate of drug-likeness (QED) is 0.810. The largest absolute Gasteiger partial charge is 0.494 e. The van der Waals surface area contributed by atoms with Crippen LogP contribution in [0.25, 0.3) is 0 Å². The van der Waals surface area contributed by atoms with E-state index in [0.29, 0.717) is 12.4 Å². The van der Waals surface area contributed by atoms with Crippen molar-refractivity contribution < 1.29 is 14.6 Å². The highest BCUT2D eigenvalue weighted by atomic mass is 16.5. The van der Waals surface area contributed by atoms with E-state index in [-0.39, 0.29) is 5.56 Å². The summed E-state index contributed by atoms with van der Waals surface area (Å²) < 4.78 is 7.42. The van der Waals surface area contributed by atoms with Gasteiger partial charge in [-0.1, -0.05) is 0 Å². The van der Waals surface area contributed by atoms with E-state index in [1.54, 1.807) is 12.1 Å². The predicted molar refractivity (Wildman–Crippen MR) is 70.5 cm³/mol. The summed E-state index contributed by atoms with van der Waals surface area (Å²) in [4.78, 5) is 10.7. The average Bonchev–Trinajstić information content (AvgIpc) is 2.81. The highest BCUT2D eigenvalue weighted by Gasteiger charge is 2.02. The monoisotopic (exact) mass is 260 g/mol. The molecule has 0 fully saturated rings. The number of ether oxygens (including phenoxy) is 1. The molecule has 0 saturated heterocycles. The first-order chi connectivity index (χ1) is 9.15. The van der Waals surface area contributed by atoms with E-state index < -0.39 is 5.97 Å². The van der Waals surface area contributed by atoms with Gasteiger partial charge in [-0.2, -0.15) is 5.10 Å². The van der Waals surface area contributed by atoms with Gasteiger partial charge in [-0.25, -0.2) is 4.79 Å². The molecule has 0 aliphatic heterocycles. The highest BCUT2D eigenvalue weighted by molar-refractivity contribution is 5.87. The molecular weight excluding hydrogens is 244 g/mol. The molecule has 0 atom stereocenters. The van der Waals surface area contributed by atoms with Crippen LogP contribution in [0, 0.1) is 6.92 Å². The van der Waals surface area contributed by atoms with Gasteiger partial charge < -0.3 is 9.84 Å². The number of hydrogen-bond acceptors (Lipinski definition) is 3. The second kappa shape index (κ2) is 6.04. The number of rotatable bonds is 6. The summed E-state index contributed by atoms with van der Waals surface area (Å²) in [6, 6.07) is 8.37. The number of benzene rings is 1. The normalized spacial score (nSPS) is 10.4. The van der Waals surface area contributed by atoms with Crippen molar-refractivity contribution in [1.82, 2.24) is 9.78 Å². The van der Waals surface area contributed by atoms with Gasteiger partial charge in [0.15, 0.2) is 0 Å². The van der Waals surface area contributed by atoms with Crippen LogP contribution in [0.1, 0.15) is 22.5 Å². The Bertz CT molecular complexity index is 546. The Hall–Kier alpha value is -2.30. The molecule has 0 aliphatic rings. The summed E-state index contributed by atoms with van der Waals surface area (Å²) in [5, 5.41) is 13.0. The lowest BCUT2D eigenvalue weighted by atomic mass is 10.2. The third-order valence-electron chi connectivity index (χ3n) is 2.68. The van der Waals surface area contributed by atoms with Crippen LogP contribution < -0.4 is 4.74 Å². The van der Waals surface area contributed by atoms with Crippen molar-refractivity contribution in [3.63, 3.8) is 0 Å². The standard InChI is InChI=1S/C14H16N2O3/c1-11-7-9-16(15-11)8-2-10-19-13-5-3-12(4-6-13)14(17)18/h3-7,9H,2,8,10H2,1H3,(H,17,18). The molecule has 2 aromatic rings. The summed E-state index contributed by atoms with van der Waals surface area (Å²) in [5.41, 5.74) is 1.27. The van der Waals surface area contributed by atoms with Crippen molar-refractivity contribution in [2.45, 2.75) is 19.9 Å². The van der Waals surface area contributed by atoms with Gasteiger partial charge >= 0.3 is 5.97 Å². The zero-order chi connectivity index (χ0) is 13.7. The summed E-state index contributed by atoms with van der Waals surface area (Å²) in [6.45, 7) is 3.34. The van der Waals surface area contributed by atoms with Crippen LogP contribution >= 0.6 is 0 Å². The van der Waals surface area contributed by atoms with E-state index in [1.807, 2.05) is 23.9 Å². The number of carboxylic acid groups (broad SMARTS) is 1. The molecule has 100 valence electrons. The Morgan fingerprint density at radius 3 is 2.63 bits per heavy atom. The SMILES string of the molecule is Cc1ccn(CCCOc2ccc(C(=O)O)cc2)n1. The Morgan fingerprint density at radius 1 is 1.32 bits per heavy atom. The van der Waals surface area contributed by atoms with Crippen LogP contribution in [0.5, 0.6) is 5.75 Å². The maximum absolute atomic E-state index is 10.7. The Balaban J connectivity index is 1.75. The molecule has 1 aromatic carbocycles. The molecule has 0 radical (unpaired) electrons. The van der Waals surface area contributed by atoms with Crippen molar-refractivity contribution in [3.05, 3.63) is 47.8 Å². The van der Waals surface area contributed by atoms with Gasteiger partial charge in [0.25, 0.3) is 0 Å². The maximum Gasteiger partial charge on any atom is 0.335 e. The molecule has 0 amide bonds. The van der Waals surface area contributed by atoms with E-state index >= 15 is 0 Å². The van der Waals surface area contributed by atoms with E-state index in [9.17, 15) is 4.79 Å². The number of aromatic carboxylic acids is 1. The Morgan fingerprint density at radius 2 is 2.05 bits per heavy atom. The van der Waals surface area contributed by atoms with Gasteiger partial charge in [0.1, 0.15) is 5.75 Å². The minimum Gasteiger partial charge on any atom is -0.494 e. The number of hydrogen-bond donors (Lipinski definition) is 1. The number of aryl methyl sites for hydroxylation is 2. The minimum atomic E-state index is -0.930. The topological polar surface area (TPSA) is 64.3 Å². The van der Waals surface area contributed by atoms with Gasteiger partial charge in [0.2, 0.25) is 0 Å². The van der Waals surface area contributed by atoms with Gasteiger partial charge in [-0.15, -0.1) is 0 Å². The molecule has 0 aliphatic carbocycles. The third-order valence-corrected chi connectivity index (χ3v) is 2.68. The summed E-state index contributed by atoms with van der Waals surface area (Å²) in [6.07, 6.45) is 2.79. The maximum atomic E-state index is 10.7. The number of carboxylic acids is 1. The first-order valence-electron chi connectivity index (χ1n) is 6.11. The van der Waals surface area contributed by atoms with Gasteiger partial charge in [0, 0.05) is 19.2 Å². The van der Waals surface area contributed by atoms with Crippen molar-refractivity contribution >= 4 is 5.97 Å². The highest BCUT2D eigenvalue weighted by Crippen LogP contribution is 2.12.